The van der Waals surface area contributed by atoms with Crippen molar-refractivity contribution in [1.82, 2.24) is 9.78 Å². The molecule has 0 N–H and O–H groups in total. The van der Waals surface area contributed by atoms with Crippen molar-refractivity contribution in [3.8, 4) is 5.69 Å². The molecule has 9 heteroatoms. The first-order valence-corrected chi connectivity index (χ1v) is 7.17. The third-order valence-electron chi connectivity index (χ3n) is 2.30. The average molecular weight is 311 g/mol. The lowest BCUT2D eigenvalue weighted by atomic mass is 10.2. The Morgan fingerprint density at radius 2 is 1.79 bits per heavy atom. The molecule has 2 rings (SSSR count). The standard InChI is InChI=1S/C10H6ClF3N2O2S/c11-19(17,18)9-5-6-15-16(9)8-4-2-1-3-7(8)10(12,13)14/h1-6H. The zero-order chi connectivity index (χ0) is 14.3. The van der Waals surface area contributed by atoms with E-state index in [0.29, 0.717) is 4.68 Å². The molecule has 0 aliphatic heterocycles. The number of nitrogens with zero attached hydrogens (tertiary/aromatic N) is 2. The minimum absolute atomic E-state index is 0.403. The second-order valence-corrected chi connectivity index (χ2v) is 6.05. The minimum atomic E-state index is -4.63. The Balaban J connectivity index is 2.72. The number of rotatable bonds is 2. The quantitative estimate of drug-likeness (QED) is 0.802. The Morgan fingerprint density at radius 1 is 1.16 bits per heavy atom. The fraction of sp³-hybridized carbons (Fsp3) is 0.100. The van der Waals surface area contributed by atoms with Gasteiger partial charge in [-0.3, -0.25) is 0 Å². The Kier molecular flexibility index (Phi) is 3.31. The van der Waals surface area contributed by atoms with Crippen molar-refractivity contribution < 1.29 is 21.6 Å². The Morgan fingerprint density at radius 3 is 2.37 bits per heavy atom. The van der Waals surface area contributed by atoms with Crippen LogP contribution in [0.1, 0.15) is 5.56 Å². The van der Waals surface area contributed by atoms with E-state index in [9.17, 15) is 21.6 Å². The molecular weight excluding hydrogens is 305 g/mol. The summed E-state index contributed by atoms with van der Waals surface area (Å²) in [6.45, 7) is 0. The fourth-order valence-electron chi connectivity index (χ4n) is 1.55. The SMILES string of the molecule is O=S(=O)(Cl)c1ccnn1-c1ccccc1C(F)(F)F. The number of para-hydroxylation sites is 1. The molecule has 0 amide bonds. The molecule has 0 radical (unpaired) electrons. The van der Waals surface area contributed by atoms with Crippen LogP contribution < -0.4 is 0 Å². The van der Waals surface area contributed by atoms with Crippen molar-refractivity contribution in [1.29, 1.82) is 0 Å². The van der Waals surface area contributed by atoms with Gasteiger partial charge in [-0.15, -0.1) is 0 Å². The first kappa shape index (κ1) is 13.9. The van der Waals surface area contributed by atoms with Crippen LogP contribution in [0.4, 0.5) is 13.2 Å². The van der Waals surface area contributed by atoms with E-state index in [0.717, 1.165) is 24.4 Å². The lowest BCUT2D eigenvalue weighted by Crippen LogP contribution is -2.13. The summed E-state index contributed by atoms with van der Waals surface area (Å²) < 4.78 is 61.7. The summed E-state index contributed by atoms with van der Waals surface area (Å²) in [6.07, 6.45) is -3.57. The summed E-state index contributed by atoms with van der Waals surface area (Å²) in [5.41, 5.74) is -1.40. The Labute approximate surface area is 110 Å². The Bertz CT molecular complexity index is 710. The number of aromatic nitrogens is 2. The van der Waals surface area contributed by atoms with Gasteiger partial charge in [0.2, 0.25) is 0 Å². The lowest BCUT2D eigenvalue weighted by Gasteiger charge is -2.13. The molecule has 0 aliphatic carbocycles. The minimum Gasteiger partial charge on any atom is -0.220 e. The van der Waals surface area contributed by atoms with Crippen molar-refractivity contribution in [2.45, 2.75) is 11.2 Å². The van der Waals surface area contributed by atoms with Crippen LogP contribution in [-0.4, -0.2) is 18.2 Å². The summed E-state index contributed by atoms with van der Waals surface area (Å²) in [4.78, 5) is 0. The van der Waals surface area contributed by atoms with Gasteiger partial charge >= 0.3 is 6.18 Å². The number of hydrogen-bond acceptors (Lipinski definition) is 3. The van der Waals surface area contributed by atoms with Crippen LogP contribution in [0.3, 0.4) is 0 Å². The molecule has 19 heavy (non-hydrogen) atoms. The molecule has 0 aliphatic rings. The second-order valence-electron chi connectivity index (χ2n) is 3.53. The molecule has 0 saturated carbocycles. The largest absolute Gasteiger partial charge is 0.418 e. The maximum absolute atomic E-state index is 12.8. The first-order chi connectivity index (χ1) is 8.71. The highest BCUT2D eigenvalue weighted by atomic mass is 35.7. The molecule has 0 saturated heterocycles. The summed E-state index contributed by atoms with van der Waals surface area (Å²) in [5, 5.41) is 3.06. The van der Waals surface area contributed by atoms with Crippen molar-refractivity contribution in [2.75, 3.05) is 0 Å². The molecule has 4 nitrogen and oxygen atoms in total. The van der Waals surface area contributed by atoms with E-state index < -0.39 is 31.5 Å². The molecule has 0 fully saturated rings. The zero-order valence-electron chi connectivity index (χ0n) is 9.10. The molecule has 2 aromatic rings. The van der Waals surface area contributed by atoms with Crippen LogP contribution in [0.25, 0.3) is 5.69 Å². The third-order valence-corrected chi connectivity index (χ3v) is 3.58. The van der Waals surface area contributed by atoms with E-state index >= 15 is 0 Å². The van der Waals surface area contributed by atoms with E-state index in [1.807, 2.05) is 0 Å². The predicted octanol–water partition coefficient (Wildman–Crippen LogP) is 2.82. The number of benzene rings is 1. The lowest BCUT2D eigenvalue weighted by molar-refractivity contribution is -0.137. The van der Waals surface area contributed by atoms with Gasteiger partial charge in [0, 0.05) is 10.7 Å². The molecule has 0 unspecified atom stereocenters. The van der Waals surface area contributed by atoms with Crippen LogP contribution in [0.2, 0.25) is 0 Å². The molecule has 0 atom stereocenters. The highest BCUT2D eigenvalue weighted by molar-refractivity contribution is 8.13. The summed E-state index contributed by atoms with van der Waals surface area (Å²) in [6, 6.07) is 5.51. The van der Waals surface area contributed by atoms with Gasteiger partial charge in [-0.1, -0.05) is 12.1 Å². The second kappa shape index (κ2) is 4.53. The smallest absolute Gasteiger partial charge is 0.220 e. The molecule has 1 heterocycles. The van der Waals surface area contributed by atoms with Gasteiger partial charge in [0.25, 0.3) is 9.05 Å². The van der Waals surface area contributed by atoms with Crippen LogP contribution in [0.15, 0.2) is 41.6 Å². The van der Waals surface area contributed by atoms with Crippen molar-refractivity contribution in [3.05, 3.63) is 42.1 Å². The average Bonchev–Trinajstić information content (AvgIpc) is 2.76. The van der Waals surface area contributed by atoms with E-state index in [2.05, 4.69) is 5.10 Å². The number of hydrogen-bond donors (Lipinski definition) is 0. The van der Waals surface area contributed by atoms with Crippen molar-refractivity contribution >= 4 is 19.7 Å². The van der Waals surface area contributed by atoms with E-state index in [4.69, 9.17) is 10.7 Å². The highest BCUT2D eigenvalue weighted by Crippen LogP contribution is 2.34. The number of halogens is 4. The van der Waals surface area contributed by atoms with Crippen molar-refractivity contribution in [3.63, 3.8) is 0 Å². The Hall–Kier alpha value is -1.54. The van der Waals surface area contributed by atoms with Gasteiger partial charge in [-0.2, -0.15) is 18.3 Å². The van der Waals surface area contributed by atoms with Gasteiger partial charge in [0.1, 0.15) is 0 Å². The maximum Gasteiger partial charge on any atom is 0.418 e. The van der Waals surface area contributed by atoms with E-state index in [1.165, 1.54) is 12.1 Å². The summed E-state index contributed by atoms with van der Waals surface area (Å²) in [5.74, 6) is 0. The van der Waals surface area contributed by atoms with Gasteiger partial charge in [0.15, 0.2) is 5.03 Å². The van der Waals surface area contributed by atoms with E-state index in [-0.39, 0.29) is 0 Å². The molecule has 1 aromatic heterocycles. The monoisotopic (exact) mass is 310 g/mol. The summed E-state index contributed by atoms with van der Waals surface area (Å²) >= 11 is 0. The molecule has 1 aromatic carbocycles. The van der Waals surface area contributed by atoms with E-state index in [1.54, 1.807) is 0 Å². The topological polar surface area (TPSA) is 52.0 Å². The van der Waals surface area contributed by atoms with Crippen molar-refractivity contribution in [2.24, 2.45) is 0 Å². The zero-order valence-corrected chi connectivity index (χ0v) is 10.7. The molecule has 0 spiro atoms. The fourth-order valence-corrected chi connectivity index (χ4v) is 2.48. The third kappa shape index (κ3) is 2.74. The van der Waals surface area contributed by atoms with Crippen LogP contribution in [-0.2, 0) is 15.2 Å². The molecular formula is C10H6ClF3N2O2S. The van der Waals surface area contributed by atoms with Gasteiger partial charge in [-0.05, 0) is 18.2 Å². The molecule has 102 valence electrons. The van der Waals surface area contributed by atoms with Crippen LogP contribution in [0.5, 0.6) is 0 Å². The maximum atomic E-state index is 12.8. The summed E-state index contributed by atoms with van der Waals surface area (Å²) in [7, 11) is 0.956. The molecule has 0 bridgehead atoms. The van der Waals surface area contributed by atoms with Gasteiger partial charge in [0.05, 0.1) is 17.4 Å². The first-order valence-electron chi connectivity index (χ1n) is 4.86. The predicted molar refractivity (Wildman–Crippen MR) is 61.6 cm³/mol. The van der Waals surface area contributed by atoms with Crippen LogP contribution in [0, 0.1) is 0 Å². The van der Waals surface area contributed by atoms with Gasteiger partial charge in [-0.25, -0.2) is 13.1 Å². The highest BCUT2D eigenvalue weighted by Gasteiger charge is 2.34. The normalized spacial score (nSPS) is 12.6. The number of alkyl halides is 3. The van der Waals surface area contributed by atoms with Gasteiger partial charge < -0.3 is 0 Å². The van der Waals surface area contributed by atoms with Crippen LogP contribution >= 0.6 is 10.7 Å².